The Bertz CT molecular complexity index is 72.7. The van der Waals surface area contributed by atoms with E-state index in [4.69, 9.17) is 34.8 Å². The second-order valence-electron chi connectivity index (χ2n) is 1.50. The van der Waals surface area contributed by atoms with Crippen molar-refractivity contribution in [1.82, 2.24) is 5.32 Å². The van der Waals surface area contributed by atoms with Crippen LogP contribution in [0.2, 0.25) is 0 Å². The molecule has 0 aliphatic carbocycles. The molecule has 42 valence electrons. The summed E-state index contributed by atoms with van der Waals surface area (Å²) in [6.45, 7) is 0.830. The summed E-state index contributed by atoms with van der Waals surface area (Å²) in [6.07, 6.45) is 0. The Hall–Kier alpha value is 0.830. The van der Waals surface area contributed by atoms with Gasteiger partial charge in [0.1, 0.15) is 0 Å². The molecule has 0 aromatic carbocycles. The van der Waals surface area contributed by atoms with Gasteiger partial charge in [0.15, 0.2) is 0 Å². The summed E-state index contributed by atoms with van der Waals surface area (Å²) in [7, 11) is 0. The fraction of sp³-hybridized carbons (Fsp3) is 1.00. The molecule has 0 saturated carbocycles. The van der Waals surface area contributed by atoms with Gasteiger partial charge < -0.3 is 5.32 Å². The van der Waals surface area contributed by atoms with Crippen LogP contribution in [0.25, 0.3) is 0 Å². The molecule has 1 aliphatic heterocycles. The van der Waals surface area contributed by atoms with Crippen molar-refractivity contribution in [3.05, 3.63) is 0 Å². The summed E-state index contributed by atoms with van der Waals surface area (Å²) < 4.78 is -1.08. The second kappa shape index (κ2) is 1.66. The smallest absolute Gasteiger partial charge is 0.206 e. The van der Waals surface area contributed by atoms with Gasteiger partial charge in [0.2, 0.25) is 3.79 Å². The van der Waals surface area contributed by atoms with Gasteiger partial charge in [0.05, 0.1) is 6.04 Å². The standard InChI is InChI=1S/C3H4Cl3N/c4-3(5,6)2-1-7-2/h2,7H,1H2. The fourth-order valence-electron chi connectivity index (χ4n) is 0.290. The lowest BCUT2D eigenvalue weighted by atomic mass is 10.5. The van der Waals surface area contributed by atoms with Crippen molar-refractivity contribution >= 4 is 34.8 Å². The molecule has 1 nitrogen and oxygen atoms in total. The van der Waals surface area contributed by atoms with E-state index in [1.54, 1.807) is 0 Å². The normalized spacial score (nSPS) is 30.4. The monoisotopic (exact) mass is 159 g/mol. The van der Waals surface area contributed by atoms with E-state index in [1.165, 1.54) is 0 Å². The molecule has 1 rings (SSSR count). The van der Waals surface area contributed by atoms with Crippen molar-refractivity contribution < 1.29 is 0 Å². The highest BCUT2D eigenvalue weighted by Crippen LogP contribution is 2.34. The molecule has 0 amide bonds. The van der Waals surface area contributed by atoms with E-state index < -0.39 is 3.79 Å². The second-order valence-corrected chi connectivity index (χ2v) is 3.87. The van der Waals surface area contributed by atoms with Crippen LogP contribution in [0.3, 0.4) is 0 Å². The Kier molecular flexibility index (Phi) is 1.41. The van der Waals surface area contributed by atoms with Crippen molar-refractivity contribution in [3.8, 4) is 0 Å². The van der Waals surface area contributed by atoms with Crippen LogP contribution >= 0.6 is 34.8 Å². The Balaban J connectivity index is 2.36. The lowest BCUT2D eigenvalue weighted by Gasteiger charge is -2.04. The van der Waals surface area contributed by atoms with Crippen molar-refractivity contribution in [3.63, 3.8) is 0 Å². The Morgan fingerprint density at radius 1 is 1.43 bits per heavy atom. The summed E-state index contributed by atoms with van der Waals surface area (Å²) in [6, 6.07) is 0.0949. The molecule has 0 aromatic heterocycles. The molecule has 1 unspecified atom stereocenters. The lowest BCUT2D eigenvalue weighted by Crippen LogP contribution is -2.13. The summed E-state index contributed by atoms with van der Waals surface area (Å²) in [5.41, 5.74) is 0. The highest BCUT2D eigenvalue weighted by atomic mass is 35.6. The SMILES string of the molecule is ClC(Cl)(Cl)C1CN1. The predicted octanol–water partition coefficient (Wildman–Crippen LogP) is 1.33. The quantitative estimate of drug-likeness (QED) is 0.419. The van der Waals surface area contributed by atoms with Crippen molar-refractivity contribution in [1.29, 1.82) is 0 Å². The van der Waals surface area contributed by atoms with Gasteiger partial charge in [-0.2, -0.15) is 0 Å². The van der Waals surface area contributed by atoms with Crippen LogP contribution in [0, 0.1) is 0 Å². The van der Waals surface area contributed by atoms with E-state index in [0.29, 0.717) is 0 Å². The van der Waals surface area contributed by atoms with Gasteiger partial charge in [-0.15, -0.1) is 0 Å². The fourth-order valence-corrected chi connectivity index (χ4v) is 0.753. The topological polar surface area (TPSA) is 21.9 Å². The molecule has 1 saturated heterocycles. The highest BCUT2D eigenvalue weighted by Gasteiger charge is 2.40. The van der Waals surface area contributed by atoms with Crippen LogP contribution < -0.4 is 5.32 Å². The van der Waals surface area contributed by atoms with Gasteiger partial charge in [0, 0.05) is 6.54 Å². The number of hydrogen-bond acceptors (Lipinski definition) is 1. The molecule has 0 spiro atoms. The lowest BCUT2D eigenvalue weighted by molar-refractivity contribution is 0.982. The molecule has 1 atom stereocenters. The summed E-state index contributed by atoms with van der Waals surface area (Å²) in [5, 5.41) is 2.88. The molecule has 0 aromatic rings. The largest absolute Gasteiger partial charge is 0.307 e. The Labute approximate surface area is 56.9 Å². The van der Waals surface area contributed by atoms with Crippen LogP contribution in [0.5, 0.6) is 0 Å². The first-order valence-corrected chi connectivity index (χ1v) is 3.04. The van der Waals surface area contributed by atoms with Gasteiger partial charge in [-0.1, -0.05) is 34.8 Å². The minimum atomic E-state index is -1.08. The number of nitrogens with one attached hydrogen (secondary N) is 1. The summed E-state index contributed by atoms with van der Waals surface area (Å²) in [5.74, 6) is 0. The van der Waals surface area contributed by atoms with Crippen molar-refractivity contribution in [2.45, 2.75) is 9.83 Å². The van der Waals surface area contributed by atoms with Crippen LogP contribution in [-0.2, 0) is 0 Å². The minimum absolute atomic E-state index is 0.0949. The number of hydrogen-bond donors (Lipinski definition) is 1. The van der Waals surface area contributed by atoms with E-state index in [-0.39, 0.29) is 6.04 Å². The zero-order valence-corrected chi connectivity index (χ0v) is 5.69. The van der Waals surface area contributed by atoms with Gasteiger partial charge in [-0.05, 0) is 0 Å². The van der Waals surface area contributed by atoms with Crippen LogP contribution in [0.15, 0.2) is 0 Å². The molecule has 1 N–H and O–H groups in total. The minimum Gasteiger partial charge on any atom is -0.307 e. The van der Waals surface area contributed by atoms with Crippen LogP contribution in [0.1, 0.15) is 0 Å². The molecule has 1 heterocycles. The predicted molar refractivity (Wildman–Crippen MR) is 32.1 cm³/mol. The molecular formula is C3H4Cl3N. The first-order valence-electron chi connectivity index (χ1n) is 1.91. The molecule has 7 heavy (non-hydrogen) atoms. The average molecular weight is 160 g/mol. The van der Waals surface area contributed by atoms with E-state index in [2.05, 4.69) is 5.32 Å². The third kappa shape index (κ3) is 1.65. The third-order valence-electron chi connectivity index (χ3n) is 0.803. The van der Waals surface area contributed by atoms with Crippen molar-refractivity contribution in [2.24, 2.45) is 0 Å². The molecule has 4 heteroatoms. The highest BCUT2D eigenvalue weighted by molar-refractivity contribution is 6.68. The maximum Gasteiger partial charge on any atom is 0.206 e. The number of alkyl halides is 3. The van der Waals surface area contributed by atoms with E-state index in [0.717, 1.165) is 6.54 Å². The summed E-state index contributed by atoms with van der Waals surface area (Å²) in [4.78, 5) is 0. The average Bonchev–Trinajstić information content (AvgIpc) is 1.99. The number of rotatable bonds is 0. The van der Waals surface area contributed by atoms with Gasteiger partial charge in [-0.3, -0.25) is 0 Å². The third-order valence-corrected chi connectivity index (χ3v) is 1.59. The van der Waals surface area contributed by atoms with E-state index in [9.17, 15) is 0 Å². The zero-order valence-electron chi connectivity index (χ0n) is 3.42. The number of halogens is 3. The molecule has 1 aliphatic rings. The first-order chi connectivity index (χ1) is 3.11. The molecule has 0 radical (unpaired) electrons. The van der Waals surface area contributed by atoms with Gasteiger partial charge >= 0.3 is 0 Å². The molecule has 1 fully saturated rings. The maximum atomic E-state index is 5.40. The van der Waals surface area contributed by atoms with E-state index >= 15 is 0 Å². The molecule has 0 bridgehead atoms. The van der Waals surface area contributed by atoms with Crippen LogP contribution in [-0.4, -0.2) is 16.4 Å². The first kappa shape index (κ1) is 5.96. The zero-order chi connectivity index (χ0) is 5.49. The van der Waals surface area contributed by atoms with Gasteiger partial charge in [0.25, 0.3) is 0 Å². The van der Waals surface area contributed by atoms with E-state index in [1.807, 2.05) is 0 Å². The van der Waals surface area contributed by atoms with Crippen LogP contribution in [0.4, 0.5) is 0 Å². The van der Waals surface area contributed by atoms with Crippen molar-refractivity contribution in [2.75, 3.05) is 6.54 Å². The Morgan fingerprint density at radius 3 is 1.86 bits per heavy atom. The Morgan fingerprint density at radius 2 is 1.86 bits per heavy atom. The molecular weight excluding hydrogens is 156 g/mol. The maximum absolute atomic E-state index is 5.40. The summed E-state index contributed by atoms with van der Waals surface area (Å²) >= 11 is 16.2. The van der Waals surface area contributed by atoms with Gasteiger partial charge in [-0.25, -0.2) is 0 Å².